The molecule has 0 bridgehead atoms. The minimum absolute atomic E-state index is 0.0861. The summed E-state index contributed by atoms with van der Waals surface area (Å²) >= 11 is 0. The maximum atomic E-state index is 10.4. The van der Waals surface area contributed by atoms with Crippen molar-refractivity contribution in [2.45, 2.75) is 12.2 Å². The minimum atomic E-state index is -0.807. The number of aromatic hydroxyl groups is 1. The molecule has 0 aromatic heterocycles. The van der Waals surface area contributed by atoms with Crippen LogP contribution in [0.5, 0.6) is 28.7 Å². The molecule has 0 saturated carbocycles. The number of rotatable bonds is 8. The van der Waals surface area contributed by atoms with Gasteiger partial charge in [-0.25, -0.2) is 0 Å². The topological polar surface area (TPSA) is 118 Å². The van der Waals surface area contributed by atoms with Crippen LogP contribution < -0.4 is 18.9 Å². The van der Waals surface area contributed by atoms with Crippen molar-refractivity contribution in [3.8, 4) is 39.9 Å². The SMILES string of the molecule is COc1cc(C2Oc3ccc(/C=C/CO)cc3-c3cc(/C=C/CO)ccc3OC2CO)cc(OC)c1O. The molecule has 1 aliphatic heterocycles. The average molecular weight is 507 g/mol. The molecule has 4 rings (SSSR count). The van der Waals surface area contributed by atoms with Gasteiger partial charge in [0.1, 0.15) is 11.5 Å². The molecule has 2 atom stereocenters. The van der Waals surface area contributed by atoms with Crippen LogP contribution in [0.1, 0.15) is 22.8 Å². The Bertz CT molecular complexity index is 1270. The highest BCUT2D eigenvalue weighted by Gasteiger charge is 2.32. The summed E-state index contributed by atoms with van der Waals surface area (Å²) in [4.78, 5) is 0. The average Bonchev–Trinajstić information content (AvgIpc) is 2.92. The second-order valence-electron chi connectivity index (χ2n) is 8.33. The molecule has 0 amide bonds. The second-order valence-corrected chi connectivity index (χ2v) is 8.33. The Labute approximate surface area is 215 Å². The van der Waals surface area contributed by atoms with Gasteiger partial charge in [0.25, 0.3) is 0 Å². The molecule has 8 nitrogen and oxygen atoms in total. The number of aliphatic hydroxyl groups is 3. The first kappa shape index (κ1) is 26.1. The molecule has 0 spiro atoms. The van der Waals surface area contributed by atoms with Gasteiger partial charge in [0.15, 0.2) is 23.7 Å². The van der Waals surface area contributed by atoms with E-state index in [9.17, 15) is 20.4 Å². The Kier molecular flexibility index (Phi) is 8.35. The largest absolute Gasteiger partial charge is 0.502 e. The van der Waals surface area contributed by atoms with Gasteiger partial charge in [-0.3, -0.25) is 0 Å². The third-order valence-electron chi connectivity index (χ3n) is 6.01. The Hall–Kier alpha value is -3.98. The summed E-state index contributed by atoms with van der Waals surface area (Å²) in [6, 6.07) is 14.5. The van der Waals surface area contributed by atoms with E-state index in [0.29, 0.717) is 17.1 Å². The number of aliphatic hydroxyl groups excluding tert-OH is 3. The number of methoxy groups -OCH3 is 2. The first-order valence-electron chi connectivity index (χ1n) is 11.7. The summed E-state index contributed by atoms with van der Waals surface area (Å²) in [7, 11) is 2.88. The molecule has 3 aromatic carbocycles. The van der Waals surface area contributed by atoms with E-state index in [1.807, 2.05) is 36.4 Å². The smallest absolute Gasteiger partial charge is 0.200 e. The number of hydrogen-bond donors (Lipinski definition) is 4. The molecule has 0 aliphatic carbocycles. The lowest BCUT2D eigenvalue weighted by Gasteiger charge is -2.32. The molecular formula is C29H30O8. The van der Waals surface area contributed by atoms with Gasteiger partial charge in [-0.15, -0.1) is 0 Å². The van der Waals surface area contributed by atoms with E-state index >= 15 is 0 Å². The zero-order valence-electron chi connectivity index (χ0n) is 20.6. The summed E-state index contributed by atoms with van der Waals surface area (Å²) in [5.41, 5.74) is 3.76. The third-order valence-corrected chi connectivity index (χ3v) is 6.01. The van der Waals surface area contributed by atoms with Crippen LogP contribution in [0, 0.1) is 0 Å². The van der Waals surface area contributed by atoms with E-state index in [1.165, 1.54) is 14.2 Å². The zero-order valence-corrected chi connectivity index (χ0v) is 20.6. The molecule has 1 heterocycles. The normalized spacial score (nSPS) is 16.9. The van der Waals surface area contributed by atoms with Gasteiger partial charge in [0.05, 0.1) is 34.0 Å². The molecule has 3 aromatic rings. The van der Waals surface area contributed by atoms with E-state index in [0.717, 1.165) is 22.3 Å². The van der Waals surface area contributed by atoms with Gasteiger partial charge >= 0.3 is 0 Å². The first-order valence-corrected chi connectivity index (χ1v) is 11.7. The molecule has 2 unspecified atom stereocenters. The van der Waals surface area contributed by atoms with Crippen molar-refractivity contribution in [3.05, 3.63) is 77.4 Å². The minimum Gasteiger partial charge on any atom is -0.502 e. The second kappa shape index (κ2) is 11.8. The fraction of sp³-hybridized carbons (Fsp3) is 0.241. The fourth-order valence-electron chi connectivity index (χ4n) is 4.24. The number of phenolic OH excluding ortho intramolecular Hbond substituents is 1. The van der Waals surface area contributed by atoms with Crippen molar-refractivity contribution in [1.82, 2.24) is 0 Å². The summed E-state index contributed by atoms with van der Waals surface area (Å²) in [6.07, 6.45) is 5.30. The van der Waals surface area contributed by atoms with Crippen molar-refractivity contribution in [2.75, 3.05) is 34.0 Å². The van der Waals surface area contributed by atoms with Crippen molar-refractivity contribution in [2.24, 2.45) is 0 Å². The molecule has 8 heteroatoms. The number of phenols is 1. The van der Waals surface area contributed by atoms with Crippen LogP contribution in [0.25, 0.3) is 23.3 Å². The lowest BCUT2D eigenvalue weighted by atomic mass is 9.96. The molecule has 0 fully saturated rings. The summed E-state index contributed by atoms with van der Waals surface area (Å²) in [6.45, 7) is -0.528. The molecule has 0 radical (unpaired) electrons. The molecule has 0 saturated heterocycles. The fourth-order valence-corrected chi connectivity index (χ4v) is 4.24. The number of ether oxygens (including phenoxy) is 4. The maximum Gasteiger partial charge on any atom is 0.200 e. The van der Waals surface area contributed by atoms with Crippen LogP contribution in [-0.4, -0.2) is 60.6 Å². The van der Waals surface area contributed by atoms with E-state index in [1.54, 1.807) is 36.4 Å². The third kappa shape index (κ3) is 5.56. The molecular weight excluding hydrogens is 476 g/mol. The molecule has 37 heavy (non-hydrogen) atoms. The van der Waals surface area contributed by atoms with Crippen molar-refractivity contribution in [1.29, 1.82) is 0 Å². The maximum absolute atomic E-state index is 10.4. The van der Waals surface area contributed by atoms with Gasteiger partial charge in [0, 0.05) is 16.7 Å². The number of benzene rings is 3. The zero-order chi connectivity index (χ0) is 26.4. The lowest BCUT2D eigenvalue weighted by Crippen LogP contribution is -2.34. The van der Waals surface area contributed by atoms with Gasteiger partial charge < -0.3 is 39.4 Å². The van der Waals surface area contributed by atoms with Gasteiger partial charge in [-0.2, -0.15) is 0 Å². The highest BCUT2D eigenvalue weighted by atomic mass is 16.6. The van der Waals surface area contributed by atoms with Crippen LogP contribution in [0.3, 0.4) is 0 Å². The van der Waals surface area contributed by atoms with Gasteiger partial charge in [-0.05, 0) is 47.5 Å². The quantitative estimate of drug-likeness (QED) is 0.363. The summed E-state index contributed by atoms with van der Waals surface area (Å²) in [5, 5.41) is 39.2. The van der Waals surface area contributed by atoms with Crippen LogP contribution in [0.15, 0.2) is 60.7 Å². The molecule has 4 N–H and O–H groups in total. The van der Waals surface area contributed by atoms with Crippen LogP contribution in [0.2, 0.25) is 0 Å². The summed E-state index contributed by atoms with van der Waals surface area (Å²) < 4.78 is 23.5. The van der Waals surface area contributed by atoms with Crippen molar-refractivity contribution >= 4 is 12.2 Å². The highest BCUT2D eigenvalue weighted by Crippen LogP contribution is 2.46. The van der Waals surface area contributed by atoms with E-state index in [2.05, 4.69) is 0 Å². The molecule has 1 aliphatic rings. The standard InChI is InChI=1S/C29H30O8/c1-34-25-15-20(16-26(35-2)28(25)33)29-27(17-32)36-23-9-7-18(5-3-11-30)13-21(23)22-14-19(6-4-12-31)8-10-24(22)37-29/h3-10,13-16,27,29-33H,11-12,17H2,1-2H3/b5-3+,6-4+. The van der Waals surface area contributed by atoms with Crippen LogP contribution >= 0.6 is 0 Å². The van der Waals surface area contributed by atoms with E-state index in [4.69, 9.17) is 18.9 Å². The first-order chi connectivity index (χ1) is 18.0. The Morgan fingerprint density at radius 2 is 1.27 bits per heavy atom. The predicted molar refractivity (Wildman–Crippen MR) is 140 cm³/mol. The number of fused-ring (bicyclic) bond motifs is 3. The number of hydrogen-bond acceptors (Lipinski definition) is 8. The monoisotopic (exact) mass is 506 g/mol. The Morgan fingerprint density at radius 1 is 0.757 bits per heavy atom. The highest BCUT2D eigenvalue weighted by molar-refractivity contribution is 5.80. The summed E-state index contributed by atoms with van der Waals surface area (Å²) in [5.74, 6) is 1.33. The lowest BCUT2D eigenvalue weighted by molar-refractivity contribution is 0.0132. The Morgan fingerprint density at radius 3 is 1.73 bits per heavy atom. The Balaban J connectivity index is 1.90. The van der Waals surface area contributed by atoms with Crippen molar-refractivity contribution in [3.63, 3.8) is 0 Å². The van der Waals surface area contributed by atoms with E-state index in [-0.39, 0.29) is 37.1 Å². The van der Waals surface area contributed by atoms with Gasteiger partial charge in [0.2, 0.25) is 5.75 Å². The molecule has 194 valence electrons. The van der Waals surface area contributed by atoms with E-state index < -0.39 is 12.2 Å². The van der Waals surface area contributed by atoms with Crippen LogP contribution in [0.4, 0.5) is 0 Å². The van der Waals surface area contributed by atoms with Crippen molar-refractivity contribution < 1.29 is 39.4 Å². The van der Waals surface area contributed by atoms with Crippen LogP contribution in [-0.2, 0) is 0 Å². The predicted octanol–water partition coefficient (Wildman–Crippen LogP) is 3.96. The van der Waals surface area contributed by atoms with Gasteiger partial charge in [-0.1, -0.05) is 36.4 Å².